The molecule has 1 unspecified atom stereocenters. The fraction of sp³-hybridized carbons (Fsp3) is 0.500. The summed E-state index contributed by atoms with van der Waals surface area (Å²) in [4.78, 5) is 2.02. The fourth-order valence-corrected chi connectivity index (χ4v) is 3.14. The molecule has 0 spiro atoms. The number of β-amino-alcohol motifs (C(OH)–C–C–N with tert-alkyl or cyclic N) is 1. The number of nitrogens with zero attached hydrogens (tertiary/aromatic N) is 4. The first-order valence-corrected chi connectivity index (χ1v) is 7.89. The highest BCUT2D eigenvalue weighted by Crippen LogP contribution is 2.39. The van der Waals surface area contributed by atoms with Gasteiger partial charge in [-0.3, -0.25) is 4.90 Å². The molecule has 1 aromatic carbocycles. The molecule has 0 saturated heterocycles. The first-order valence-electron chi connectivity index (χ1n) is 7.89. The molecule has 1 atom stereocenters. The van der Waals surface area contributed by atoms with Crippen LogP contribution >= 0.6 is 0 Å². The van der Waals surface area contributed by atoms with Crippen molar-refractivity contribution in [3.8, 4) is 0 Å². The van der Waals surface area contributed by atoms with Crippen LogP contribution in [0.5, 0.6) is 0 Å². The Morgan fingerprint density at radius 2 is 2.04 bits per heavy atom. The Hall–Kier alpha value is -1.86. The Morgan fingerprint density at radius 1 is 1.22 bits per heavy atom. The summed E-state index contributed by atoms with van der Waals surface area (Å²) in [5.41, 5.74) is 0.122. The average Bonchev–Trinajstić information content (AvgIpc) is 3.27. The number of halogens is 2. The number of benzene rings is 1. The van der Waals surface area contributed by atoms with Gasteiger partial charge < -0.3 is 9.67 Å². The summed E-state index contributed by atoms with van der Waals surface area (Å²) in [7, 11) is 0. The van der Waals surface area contributed by atoms with E-state index in [0.29, 0.717) is 12.5 Å². The Morgan fingerprint density at radius 3 is 2.78 bits per heavy atom. The Kier molecular flexibility index (Phi) is 3.61. The van der Waals surface area contributed by atoms with Gasteiger partial charge in [0.05, 0.1) is 12.6 Å². The van der Waals surface area contributed by atoms with E-state index in [0.717, 1.165) is 36.9 Å². The van der Waals surface area contributed by atoms with Crippen LogP contribution in [0.4, 0.5) is 8.78 Å². The maximum atomic E-state index is 13.7. The van der Waals surface area contributed by atoms with Crippen molar-refractivity contribution in [3.05, 3.63) is 47.0 Å². The van der Waals surface area contributed by atoms with Crippen LogP contribution in [0.15, 0.2) is 18.2 Å². The number of fused-ring (bicyclic) bond motifs is 1. The van der Waals surface area contributed by atoms with Gasteiger partial charge in [0.15, 0.2) is 0 Å². The highest BCUT2D eigenvalue weighted by Gasteiger charge is 2.32. The molecule has 0 amide bonds. The van der Waals surface area contributed by atoms with Gasteiger partial charge in [0.25, 0.3) is 0 Å². The molecule has 7 heteroatoms. The van der Waals surface area contributed by atoms with Crippen LogP contribution in [-0.2, 0) is 13.1 Å². The Labute approximate surface area is 132 Å². The smallest absolute Gasteiger partial charge is 0.147 e. The number of aliphatic hydroxyl groups is 1. The fourth-order valence-electron chi connectivity index (χ4n) is 3.14. The van der Waals surface area contributed by atoms with E-state index in [1.165, 1.54) is 18.9 Å². The van der Waals surface area contributed by atoms with Crippen LogP contribution in [0, 0.1) is 11.6 Å². The van der Waals surface area contributed by atoms with E-state index in [2.05, 4.69) is 14.8 Å². The van der Waals surface area contributed by atoms with Crippen LogP contribution < -0.4 is 0 Å². The molecule has 1 aromatic heterocycles. The second-order valence-electron chi connectivity index (χ2n) is 6.32. The Balaban J connectivity index is 1.45. The maximum Gasteiger partial charge on any atom is 0.147 e. The first kappa shape index (κ1) is 14.7. The van der Waals surface area contributed by atoms with Gasteiger partial charge in [-0.25, -0.2) is 8.78 Å². The van der Waals surface area contributed by atoms with Crippen LogP contribution in [0.3, 0.4) is 0 Å². The molecule has 1 saturated carbocycles. The second kappa shape index (κ2) is 5.65. The number of hydrogen-bond donors (Lipinski definition) is 1. The van der Waals surface area contributed by atoms with Crippen molar-refractivity contribution in [3.63, 3.8) is 0 Å². The van der Waals surface area contributed by atoms with Crippen molar-refractivity contribution >= 4 is 0 Å². The molecule has 2 aliphatic rings. The van der Waals surface area contributed by atoms with Gasteiger partial charge in [0.2, 0.25) is 0 Å². The zero-order chi connectivity index (χ0) is 16.0. The predicted octanol–water partition coefficient (Wildman–Crippen LogP) is 1.98. The minimum Gasteiger partial charge on any atom is -0.387 e. The summed E-state index contributed by atoms with van der Waals surface area (Å²) >= 11 is 0. The van der Waals surface area contributed by atoms with E-state index in [9.17, 15) is 13.9 Å². The van der Waals surface area contributed by atoms with E-state index in [1.807, 2.05) is 4.90 Å². The summed E-state index contributed by atoms with van der Waals surface area (Å²) in [6, 6.07) is 3.26. The molecule has 1 fully saturated rings. The van der Waals surface area contributed by atoms with Gasteiger partial charge in [-0.15, -0.1) is 10.2 Å². The van der Waals surface area contributed by atoms with E-state index < -0.39 is 17.7 Å². The molecule has 1 N–H and O–H groups in total. The van der Waals surface area contributed by atoms with Crippen LogP contribution in [0.25, 0.3) is 0 Å². The lowest BCUT2D eigenvalue weighted by atomic mass is 10.1. The molecule has 2 aromatic rings. The normalized spacial score (nSPS) is 19.6. The molecule has 1 aliphatic carbocycles. The quantitative estimate of drug-likeness (QED) is 0.936. The van der Waals surface area contributed by atoms with E-state index in [-0.39, 0.29) is 12.1 Å². The van der Waals surface area contributed by atoms with Gasteiger partial charge in [-0.2, -0.15) is 0 Å². The van der Waals surface area contributed by atoms with E-state index in [4.69, 9.17) is 0 Å². The lowest BCUT2D eigenvalue weighted by Crippen LogP contribution is -2.37. The summed E-state index contributed by atoms with van der Waals surface area (Å²) in [6.07, 6.45) is 1.38. The lowest BCUT2D eigenvalue weighted by Gasteiger charge is -2.29. The van der Waals surface area contributed by atoms with Crippen molar-refractivity contribution in [2.24, 2.45) is 0 Å². The summed E-state index contributed by atoms with van der Waals surface area (Å²) in [6.45, 7) is 2.41. The molecular formula is C16H18F2N4O. The van der Waals surface area contributed by atoms with Crippen molar-refractivity contribution in [2.75, 3.05) is 13.1 Å². The monoisotopic (exact) mass is 320 g/mol. The second-order valence-corrected chi connectivity index (χ2v) is 6.32. The van der Waals surface area contributed by atoms with Gasteiger partial charge in [-0.1, -0.05) is 6.07 Å². The van der Waals surface area contributed by atoms with Gasteiger partial charge in [0, 0.05) is 37.2 Å². The largest absolute Gasteiger partial charge is 0.387 e. The summed E-state index contributed by atoms with van der Waals surface area (Å²) in [5, 5.41) is 18.8. The third kappa shape index (κ3) is 2.86. The van der Waals surface area contributed by atoms with Crippen LogP contribution in [0.1, 0.15) is 42.1 Å². The van der Waals surface area contributed by atoms with Crippen LogP contribution in [0.2, 0.25) is 0 Å². The van der Waals surface area contributed by atoms with Gasteiger partial charge in [-0.05, 0) is 18.9 Å². The maximum absolute atomic E-state index is 13.7. The van der Waals surface area contributed by atoms with E-state index in [1.54, 1.807) is 0 Å². The standard InChI is InChI=1S/C16H18F2N4O/c17-11-3-4-12(13(18)7-11)14(23)8-21-5-6-22-15(9-21)19-20-16(22)10-1-2-10/h3-4,7,10,14,23H,1-2,5-6,8-9H2. The van der Waals surface area contributed by atoms with Gasteiger partial charge >= 0.3 is 0 Å². The van der Waals surface area contributed by atoms with E-state index >= 15 is 0 Å². The molecule has 23 heavy (non-hydrogen) atoms. The number of aliphatic hydroxyl groups excluding tert-OH is 1. The van der Waals surface area contributed by atoms with Crippen LogP contribution in [-0.4, -0.2) is 37.9 Å². The van der Waals surface area contributed by atoms with Crippen molar-refractivity contribution < 1.29 is 13.9 Å². The third-order valence-corrected chi connectivity index (χ3v) is 4.56. The third-order valence-electron chi connectivity index (χ3n) is 4.56. The predicted molar refractivity (Wildman–Crippen MR) is 78.6 cm³/mol. The first-order chi connectivity index (χ1) is 11.1. The van der Waals surface area contributed by atoms with Crippen molar-refractivity contribution in [2.45, 2.75) is 38.0 Å². The summed E-state index contributed by atoms with van der Waals surface area (Å²) < 4.78 is 28.9. The highest BCUT2D eigenvalue weighted by molar-refractivity contribution is 5.21. The molecule has 5 nitrogen and oxygen atoms in total. The SMILES string of the molecule is OC(CN1CCn2c(nnc2C2CC2)C1)c1ccc(F)cc1F. The lowest BCUT2D eigenvalue weighted by molar-refractivity contribution is 0.0933. The zero-order valence-corrected chi connectivity index (χ0v) is 12.6. The number of rotatable bonds is 4. The molecule has 4 rings (SSSR count). The molecule has 0 radical (unpaired) electrons. The average molecular weight is 320 g/mol. The minimum absolute atomic E-state index is 0.122. The van der Waals surface area contributed by atoms with Crippen molar-refractivity contribution in [1.82, 2.24) is 19.7 Å². The minimum atomic E-state index is -0.993. The molecule has 0 bridgehead atoms. The molecule has 122 valence electrons. The molecular weight excluding hydrogens is 302 g/mol. The zero-order valence-electron chi connectivity index (χ0n) is 12.6. The molecule has 2 heterocycles. The number of aromatic nitrogens is 3. The summed E-state index contributed by atoms with van der Waals surface area (Å²) in [5.74, 6) is 1.17. The molecule has 1 aliphatic heterocycles. The van der Waals surface area contributed by atoms with Crippen molar-refractivity contribution in [1.29, 1.82) is 0 Å². The Bertz CT molecular complexity index is 729. The number of hydrogen-bond acceptors (Lipinski definition) is 4. The topological polar surface area (TPSA) is 54.2 Å². The van der Waals surface area contributed by atoms with Gasteiger partial charge in [0.1, 0.15) is 23.3 Å². The highest BCUT2D eigenvalue weighted by atomic mass is 19.1.